The molecule has 116 valence electrons. The fourth-order valence-electron chi connectivity index (χ4n) is 2.37. The Kier molecular flexibility index (Phi) is 4.98. The lowest BCUT2D eigenvalue weighted by Crippen LogP contribution is -2.34. The number of hydrogen-bond donors (Lipinski definition) is 1. The van der Waals surface area contributed by atoms with E-state index in [2.05, 4.69) is 4.72 Å². The van der Waals surface area contributed by atoms with Crippen molar-refractivity contribution in [3.8, 4) is 0 Å². The quantitative estimate of drug-likeness (QED) is 0.922. The van der Waals surface area contributed by atoms with Crippen LogP contribution in [0.3, 0.4) is 0 Å². The van der Waals surface area contributed by atoms with E-state index in [4.69, 9.17) is 0 Å². The van der Waals surface area contributed by atoms with Crippen molar-refractivity contribution in [1.82, 2.24) is 4.72 Å². The van der Waals surface area contributed by atoms with Gasteiger partial charge in [-0.1, -0.05) is 55.5 Å². The van der Waals surface area contributed by atoms with Crippen LogP contribution in [-0.4, -0.2) is 14.3 Å². The zero-order valence-electron chi connectivity index (χ0n) is 12.6. The highest BCUT2D eigenvalue weighted by Gasteiger charge is 2.25. The molecule has 2 rings (SSSR count). The molecule has 5 heteroatoms. The Bertz CT molecular complexity index is 754. The number of amides is 1. The maximum atomic E-state index is 12.4. The van der Waals surface area contributed by atoms with Crippen LogP contribution in [-0.2, 0) is 14.8 Å². The van der Waals surface area contributed by atoms with E-state index in [0.717, 1.165) is 5.56 Å². The van der Waals surface area contributed by atoms with Gasteiger partial charge in [0.2, 0.25) is 5.91 Å². The van der Waals surface area contributed by atoms with Crippen LogP contribution in [0.2, 0.25) is 0 Å². The van der Waals surface area contributed by atoms with E-state index in [9.17, 15) is 13.2 Å². The topological polar surface area (TPSA) is 63.2 Å². The highest BCUT2D eigenvalue weighted by atomic mass is 32.2. The first-order valence-corrected chi connectivity index (χ1v) is 8.61. The third-order valence-corrected chi connectivity index (χ3v) is 5.05. The van der Waals surface area contributed by atoms with Crippen LogP contribution < -0.4 is 4.72 Å². The lowest BCUT2D eigenvalue weighted by molar-refractivity contribution is -0.120. The largest absolute Gasteiger partial charge is 0.273 e. The molecule has 0 aliphatic carbocycles. The summed E-state index contributed by atoms with van der Waals surface area (Å²) in [5, 5.41) is 0. The zero-order valence-corrected chi connectivity index (χ0v) is 13.4. The van der Waals surface area contributed by atoms with Gasteiger partial charge in [0.05, 0.1) is 10.8 Å². The minimum Gasteiger partial charge on any atom is -0.273 e. The van der Waals surface area contributed by atoms with Crippen molar-refractivity contribution in [2.75, 3.05) is 0 Å². The minimum atomic E-state index is -3.85. The molecule has 1 atom stereocenters. The van der Waals surface area contributed by atoms with Gasteiger partial charge in [0.1, 0.15) is 0 Å². The van der Waals surface area contributed by atoms with Gasteiger partial charge in [-0.25, -0.2) is 13.1 Å². The molecule has 1 N–H and O–H groups in total. The molecule has 0 aliphatic heterocycles. The highest BCUT2D eigenvalue weighted by molar-refractivity contribution is 7.90. The van der Waals surface area contributed by atoms with Crippen LogP contribution in [0.1, 0.15) is 30.4 Å². The van der Waals surface area contributed by atoms with E-state index in [1.807, 2.05) is 37.3 Å². The average Bonchev–Trinajstić information content (AvgIpc) is 2.48. The molecule has 0 saturated heterocycles. The number of sulfonamides is 1. The van der Waals surface area contributed by atoms with E-state index >= 15 is 0 Å². The number of benzene rings is 2. The number of carbonyl (C=O) groups is 1. The van der Waals surface area contributed by atoms with Gasteiger partial charge in [-0.05, 0) is 30.5 Å². The fourth-order valence-corrected chi connectivity index (χ4v) is 3.64. The van der Waals surface area contributed by atoms with Crippen LogP contribution >= 0.6 is 0 Å². The van der Waals surface area contributed by atoms with Crippen molar-refractivity contribution < 1.29 is 13.2 Å². The maximum Gasteiger partial charge on any atom is 0.264 e. The van der Waals surface area contributed by atoms with Crippen molar-refractivity contribution in [3.63, 3.8) is 0 Å². The molecule has 22 heavy (non-hydrogen) atoms. The Morgan fingerprint density at radius 1 is 1.05 bits per heavy atom. The molecule has 0 aromatic heterocycles. The molecule has 0 spiro atoms. The van der Waals surface area contributed by atoms with Gasteiger partial charge in [-0.2, -0.15) is 0 Å². The fraction of sp³-hybridized carbons (Fsp3) is 0.235. The van der Waals surface area contributed by atoms with Gasteiger partial charge >= 0.3 is 0 Å². The van der Waals surface area contributed by atoms with Gasteiger partial charge in [-0.3, -0.25) is 4.79 Å². The summed E-state index contributed by atoms with van der Waals surface area (Å²) in [6, 6.07) is 15.8. The third kappa shape index (κ3) is 3.54. The van der Waals surface area contributed by atoms with Crippen molar-refractivity contribution in [2.24, 2.45) is 0 Å². The van der Waals surface area contributed by atoms with Gasteiger partial charge in [0, 0.05) is 0 Å². The molecule has 4 nitrogen and oxygen atoms in total. The van der Waals surface area contributed by atoms with E-state index < -0.39 is 21.8 Å². The number of carbonyl (C=O) groups excluding carboxylic acids is 1. The third-order valence-electron chi connectivity index (χ3n) is 3.54. The van der Waals surface area contributed by atoms with Crippen molar-refractivity contribution in [2.45, 2.75) is 31.1 Å². The second-order valence-corrected chi connectivity index (χ2v) is 6.76. The summed E-state index contributed by atoms with van der Waals surface area (Å²) in [6.07, 6.45) is 0.527. The molecular weight excluding hydrogens is 298 g/mol. The molecule has 0 radical (unpaired) electrons. The Labute approximate surface area is 131 Å². The normalized spacial score (nSPS) is 12.6. The molecular formula is C17H19NO3S. The first-order chi connectivity index (χ1) is 10.5. The van der Waals surface area contributed by atoms with Crippen molar-refractivity contribution in [1.29, 1.82) is 0 Å². The molecule has 0 bridgehead atoms. The smallest absolute Gasteiger partial charge is 0.264 e. The number of hydrogen-bond acceptors (Lipinski definition) is 3. The SMILES string of the molecule is CCC(C(=O)NS(=O)(=O)c1ccccc1C)c1ccccc1. The van der Waals surface area contributed by atoms with Gasteiger partial charge in [0.25, 0.3) is 10.0 Å². The second kappa shape index (κ2) is 6.75. The monoisotopic (exact) mass is 317 g/mol. The summed E-state index contributed by atoms with van der Waals surface area (Å²) in [4.78, 5) is 12.5. The van der Waals surface area contributed by atoms with Gasteiger partial charge in [0.15, 0.2) is 0 Å². The lowest BCUT2D eigenvalue weighted by atomic mass is 9.96. The predicted octanol–water partition coefficient (Wildman–Crippen LogP) is 2.99. The molecule has 0 saturated carbocycles. The molecule has 0 fully saturated rings. The first kappa shape index (κ1) is 16.2. The maximum absolute atomic E-state index is 12.4. The summed E-state index contributed by atoms with van der Waals surface area (Å²) in [7, 11) is -3.85. The van der Waals surface area contributed by atoms with Crippen LogP contribution in [0.4, 0.5) is 0 Å². The van der Waals surface area contributed by atoms with E-state index in [0.29, 0.717) is 12.0 Å². The van der Waals surface area contributed by atoms with E-state index in [1.165, 1.54) is 6.07 Å². The Morgan fingerprint density at radius 3 is 2.23 bits per heavy atom. The molecule has 0 heterocycles. The predicted molar refractivity (Wildman–Crippen MR) is 86.0 cm³/mol. The molecule has 1 amide bonds. The number of aryl methyl sites for hydroxylation is 1. The Balaban J connectivity index is 2.26. The molecule has 2 aromatic rings. The summed E-state index contributed by atoms with van der Waals surface area (Å²) < 4.78 is 27.0. The van der Waals surface area contributed by atoms with Crippen LogP contribution in [0.5, 0.6) is 0 Å². The van der Waals surface area contributed by atoms with Crippen LogP contribution in [0.15, 0.2) is 59.5 Å². The highest BCUT2D eigenvalue weighted by Crippen LogP contribution is 2.21. The number of rotatable bonds is 5. The average molecular weight is 317 g/mol. The molecule has 1 unspecified atom stereocenters. The molecule has 2 aromatic carbocycles. The van der Waals surface area contributed by atoms with Crippen molar-refractivity contribution in [3.05, 3.63) is 65.7 Å². The van der Waals surface area contributed by atoms with Crippen LogP contribution in [0.25, 0.3) is 0 Å². The van der Waals surface area contributed by atoms with Crippen molar-refractivity contribution >= 4 is 15.9 Å². The minimum absolute atomic E-state index is 0.131. The summed E-state index contributed by atoms with van der Waals surface area (Å²) >= 11 is 0. The Morgan fingerprint density at radius 2 is 1.64 bits per heavy atom. The summed E-state index contributed by atoms with van der Waals surface area (Å²) in [6.45, 7) is 3.56. The van der Waals surface area contributed by atoms with E-state index in [-0.39, 0.29) is 4.90 Å². The van der Waals surface area contributed by atoms with Gasteiger partial charge in [-0.15, -0.1) is 0 Å². The standard InChI is InChI=1S/C17H19NO3S/c1-3-15(14-10-5-4-6-11-14)17(19)18-22(20,21)16-12-8-7-9-13(16)2/h4-12,15H,3H2,1-2H3,(H,18,19). The van der Waals surface area contributed by atoms with Crippen LogP contribution in [0, 0.1) is 6.92 Å². The zero-order chi connectivity index (χ0) is 16.2. The van der Waals surface area contributed by atoms with Gasteiger partial charge < -0.3 is 0 Å². The lowest BCUT2D eigenvalue weighted by Gasteiger charge is -2.16. The van der Waals surface area contributed by atoms with E-state index in [1.54, 1.807) is 25.1 Å². The summed E-state index contributed by atoms with van der Waals surface area (Å²) in [5.74, 6) is -0.989. The summed E-state index contributed by atoms with van der Waals surface area (Å²) in [5.41, 5.74) is 1.41. The number of nitrogens with one attached hydrogen (secondary N) is 1. The first-order valence-electron chi connectivity index (χ1n) is 7.13. The molecule has 0 aliphatic rings. The Hall–Kier alpha value is -2.14. The second-order valence-electron chi connectivity index (χ2n) is 5.11.